The van der Waals surface area contributed by atoms with Crippen LogP contribution in [0.1, 0.15) is 0 Å². The molecule has 0 saturated heterocycles. The summed E-state index contributed by atoms with van der Waals surface area (Å²) in [5.74, 6) is 7.55. The Balaban J connectivity index is 1.22. The van der Waals surface area contributed by atoms with Crippen molar-refractivity contribution >= 4 is 0 Å². The zero-order chi connectivity index (χ0) is 47.8. The van der Waals surface area contributed by atoms with Crippen molar-refractivity contribution in [3.05, 3.63) is 255 Å². The molecule has 0 atom stereocenters. The molecule has 0 aliphatic carbocycles. The second kappa shape index (κ2) is 18.3. The Hall–Kier alpha value is -9.78. The summed E-state index contributed by atoms with van der Waals surface area (Å²) < 4.78 is 42.8. The zero-order valence-electron chi connectivity index (χ0n) is 38.7. The average molecular weight is 931 g/mol. The molecule has 13 aromatic rings. The highest BCUT2D eigenvalue weighted by Gasteiger charge is 2.36. The van der Waals surface area contributed by atoms with Gasteiger partial charge in [0, 0.05) is 66.8 Å². The number of hydrogen-bond donors (Lipinski definition) is 0. The van der Waals surface area contributed by atoms with Gasteiger partial charge in [0.15, 0.2) is 0 Å². The Bertz CT molecular complexity index is 3250. The second-order valence-electron chi connectivity index (χ2n) is 17.4. The maximum absolute atomic E-state index is 7.13. The fourth-order valence-corrected chi connectivity index (χ4v) is 9.61. The van der Waals surface area contributed by atoms with Gasteiger partial charge in [-0.15, -0.1) is 0 Å². The molecule has 6 aromatic heterocycles. The third kappa shape index (κ3) is 7.83. The van der Waals surface area contributed by atoms with Crippen molar-refractivity contribution in [1.29, 1.82) is 0 Å². The van der Waals surface area contributed by atoms with Crippen molar-refractivity contribution in [1.82, 2.24) is 0 Å². The lowest BCUT2D eigenvalue weighted by molar-refractivity contribution is 0.579. The molecule has 0 unspecified atom stereocenters. The molecule has 72 heavy (non-hydrogen) atoms. The van der Waals surface area contributed by atoms with Crippen molar-refractivity contribution in [3.8, 4) is 136 Å². The van der Waals surface area contributed by atoms with Crippen LogP contribution in [0.2, 0.25) is 0 Å². The standard InChI is InChI=1S/C66H42O6/c1-7-19-43(20-8-1)49-31-37-55(67-49)61-62(56-38-32-50(68-56)44-21-9-2-10-22-44)64(58-40-34-52(70-58)46-25-13-4-14-26-46)66(60-42-36-54(72-60)48-29-17-6-18-30-48)65(59-41-35-53(71-59)47-27-15-5-16-28-47)63(61)57-39-33-51(69-57)45-23-11-3-12-24-45/h1-42H. The molecule has 7 aromatic carbocycles. The molecule has 6 heterocycles. The van der Waals surface area contributed by atoms with E-state index in [1.165, 1.54) is 0 Å². The average Bonchev–Trinajstić information content (AvgIpc) is 4.33. The molecule has 342 valence electrons. The van der Waals surface area contributed by atoms with Crippen LogP contribution in [-0.2, 0) is 0 Å². The van der Waals surface area contributed by atoms with Crippen molar-refractivity contribution in [2.24, 2.45) is 0 Å². The Morgan fingerprint density at radius 2 is 0.250 bits per heavy atom. The van der Waals surface area contributed by atoms with E-state index < -0.39 is 0 Å². The summed E-state index contributed by atoms with van der Waals surface area (Å²) >= 11 is 0. The van der Waals surface area contributed by atoms with Crippen molar-refractivity contribution in [2.75, 3.05) is 0 Å². The maximum Gasteiger partial charge on any atom is 0.136 e. The lowest BCUT2D eigenvalue weighted by atomic mass is 9.81. The minimum Gasteiger partial charge on any atom is -0.456 e. The Kier molecular flexibility index (Phi) is 10.7. The predicted octanol–water partition coefficient (Wildman–Crippen LogP) is 19.2. The minimum atomic E-state index is 0.567. The van der Waals surface area contributed by atoms with Gasteiger partial charge < -0.3 is 26.5 Å². The topological polar surface area (TPSA) is 78.8 Å². The van der Waals surface area contributed by atoms with Gasteiger partial charge in [0.25, 0.3) is 0 Å². The first-order valence-electron chi connectivity index (χ1n) is 23.9. The van der Waals surface area contributed by atoms with Gasteiger partial charge in [-0.25, -0.2) is 0 Å². The molecule has 0 N–H and O–H groups in total. The van der Waals surface area contributed by atoms with Gasteiger partial charge in [-0.2, -0.15) is 0 Å². The Labute approximate surface area is 415 Å². The lowest BCUT2D eigenvalue weighted by Crippen LogP contribution is -2.00. The van der Waals surface area contributed by atoms with E-state index in [0.717, 1.165) is 33.4 Å². The van der Waals surface area contributed by atoms with Gasteiger partial charge in [0.05, 0.1) is 0 Å². The smallest absolute Gasteiger partial charge is 0.136 e. The monoisotopic (exact) mass is 930 g/mol. The van der Waals surface area contributed by atoms with E-state index in [9.17, 15) is 0 Å². The van der Waals surface area contributed by atoms with Crippen LogP contribution < -0.4 is 0 Å². The molecule has 0 aliphatic heterocycles. The van der Waals surface area contributed by atoms with E-state index >= 15 is 0 Å². The van der Waals surface area contributed by atoms with Crippen LogP contribution in [0.3, 0.4) is 0 Å². The molecule has 13 rings (SSSR count). The molecule has 0 radical (unpaired) electrons. The van der Waals surface area contributed by atoms with Crippen LogP contribution in [0.4, 0.5) is 0 Å². The molecular weight excluding hydrogens is 889 g/mol. The molecule has 0 aliphatic rings. The summed E-state index contributed by atoms with van der Waals surface area (Å²) in [6.45, 7) is 0. The number of rotatable bonds is 12. The lowest BCUT2D eigenvalue weighted by Gasteiger charge is -2.23. The number of hydrogen-bond acceptors (Lipinski definition) is 6. The van der Waals surface area contributed by atoms with Gasteiger partial charge in [-0.05, 0) is 72.8 Å². The maximum atomic E-state index is 7.13. The number of furan rings is 6. The van der Waals surface area contributed by atoms with Gasteiger partial charge in [0.2, 0.25) is 0 Å². The van der Waals surface area contributed by atoms with Crippen molar-refractivity contribution in [3.63, 3.8) is 0 Å². The quantitative estimate of drug-likeness (QED) is 0.121. The normalized spacial score (nSPS) is 11.3. The predicted molar refractivity (Wildman–Crippen MR) is 285 cm³/mol. The van der Waals surface area contributed by atoms with Crippen LogP contribution in [0, 0.1) is 0 Å². The summed E-state index contributed by atoms with van der Waals surface area (Å²) in [6, 6.07) is 84.9. The van der Waals surface area contributed by atoms with Crippen LogP contribution in [0.5, 0.6) is 0 Å². The first kappa shape index (κ1) is 42.3. The first-order valence-corrected chi connectivity index (χ1v) is 23.9. The van der Waals surface area contributed by atoms with Crippen LogP contribution in [0.25, 0.3) is 136 Å². The molecule has 0 amide bonds. The highest BCUT2D eigenvalue weighted by atomic mass is 16.4. The molecule has 6 nitrogen and oxygen atoms in total. The van der Waals surface area contributed by atoms with Crippen LogP contribution in [0.15, 0.2) is 281 Å². The van der Waals surface area contributed by atoms with Gasteiger partial charge in [0.1, 0.15) is 69.1 Å². The third-order valence-electron chi connectivity index (χ3n) is 13.0. The summed E-state index contributed by atoms with van der Waals surface area (Å²) in [5.41, 5.74) is 9.74. The summed E-state index contributed by atoms with van der Waals surface area (Å²) in [6.07, 6.45) is 0. The van der Waals surface area contributed by atoms with Crippen LogP contribution in [-0.4, -0.2) is 0 Å². The Morgan fingerprint density at radius 1 is 0.125 bits per heavy atom. The second-order valence-corrected chi connectivity index (χ2v) is 17.4. The summed E-state index contributed by atoms with van der Waals surface area (Å²) in [4.78, 5) is 0. The number of benzene rings is 7. The van der Waals surface area contributed by atoms with Gasteiger partial charge in [-0.1, -0.05) is 182 Å². The first-order chi connectivity index (χ1) is 35.7. The van der Waals surface area contributed by atoms with E-state index in [0.29, 0.717) is 103 Å². The minimum absolute atomic E-state index is 0.567. The van der Waals surface area contributed by atoms with E-state index in [1.54, 1.807) is 0 Å². The molecule has 0 saturated carbocycles. The molecule has 0 fully saturated rings. The summed E-state index contributed by atoms with van der Waals surface area (Å²) in [5, 5.41) is 0. The van der Waals surface area contributed by atoms with Gasteiger partial charge >= 0.3 is 0 Å². The van der Waals surface area contributed by atoms with E-state index in [-0.39, 0.29) is 0 Å². The fourth-order valence-electron chi connectivity index (χ4n) is 9.61. The van der Waals surface area contributed by atoms with Gasteiger partial charge in [-0.3, -0.25) is 0 Å². The molecular formula is C66H42O6. The highest BCUT2D eigenvalue weighted by Crippen LogP contribution is 2.58. The Morgan fingerprint density at radius 3 is 0.389 bits per heavy atom. The molecule has 6 heteroatoms. The van der Waals surface area contributed by atoms with Crippen LogP contribution >= 0.6 is 0 Å². The largest absolute Gasteiger partial charge is 0.456 e. The van der Waals surface area contributed by atoms with Crippen molar-refractivity contribution < 1.29 is 26.5 Å². The zero-order valence-corrected chi connectivity index (χ0v) is 38.7. The summed E-state index contributed by atoms with van der Waals surface area (Å²) in [7, 11) is 0. The molecule has 0 spiro atoms. The molecule has 0 bridgehead atoms. The fraction of sp³-hybridized carbons (Fsp3) is 0. The SMILES string of the molecule is c1ccc(-c2ccc(-c3c(-c4ccc(-c5ccccc5)o4)c(-c4ccc(-c5ccccc5)o4)c(-c4ccc(-c5ccccc5)o4)c(-c4ccc(-c5ccccc5)o4)c3-c3ccc(-c4ccccc4)o3)o2)cc1. The van der Waals surface area contributed by atoms with Crippen molar-refractivity contribution in [2.45, 2.75) is 0 Å². The third-order valence-corrected chi connectivity index (χ3v) is 13.0. The highest BCUT2D eigenvalue weighted by molar-refractivity contribution is 6.12. The van der Waals surface area contributed by atoms with E-state index in [1.807, 2.05) is 255 Å². The van der Waals surface area contributed by atoms with E-state index in [2.05, 4.69) is 0 Å². The van der Waals surface area contributed by atoms with E-state index in [4.69, 9.17) is 26.5 Å².